The van der Waals surface area contributed by atoms with Gasteiger partial charge in [0.05, 0.1) is 22.3 Å². The molecule has 0 amide bonds. The quantitative estimate of drug-likeness (QED) is 0.792. The molecule has 4 rings (SSSR count). The fourth-order valence-electron chi connectivity index (χ4n) is 1.83. The predicted octanol–water partition coefficient (Wildman–Crippen LogP) is 2.05. The number of hydrogen-bond donors (Lipinski definition) is 2. The zero-order valence-electron chi connectivity index (χ0n) is 12.7. The standard InChI is InChI=1S/C9H6O4.C8H6O4/c10-8-6-1-2-7(4-3-6)9(11)13-5-12-8;9-7(10)5-2-1-3-6(4-5)8(11)12/h1-4H,5H2;1-4H,(H,9,10)(H,11,12). The summed E-state index contributed by atoms with van der Waals surface area (Å²) in [6.45, 7) is -0.325. The van der Waals surface area contributed by atoms with Crippen molar-refractivity contribution in [3.05, 3.63) is 70.8 Å². The summed E-state index contributed by atoms with van der Waals surface area (Å²) in [6.07, 6.45) is 0. The fourth-order valence-corrected chi connectivity index (χ4v) is 1.83. The number of carboxylic acids is 2. The molecule has 0 aromatic heterocycles. The van der Waals surface area contributed by atoms with Crippen LogP contribution >= 0.6 is 0 Å². The molecular formula is C17H12O8. The Morgan fingerprint density at radius 3 is 1.52 bits per heavy atom. The van der Waals surface area contributed by atoms with E-state index in [0.717, 1.165) is 6.07 Å². The van der Waals surface area contributed by atoms with Crippen LogP contribution in [0.25, 0.3) is 0 Å². The maximum Gasteiger partial charge on any atom is 0.340 e. The van der Waals surface area contributed by atoms with Crippen molar-refractivity contribution in [1.82, 2.24) is 0 Å². The SMILES string of the molecule is O=C(O)c1cccc(C(=O)O)c1.O=C1OCOC(=O)c2ccc1cc2. The van der Waals surface area contributed by atoms with E-state index in [2.05, 4.69) is 9.47 Å². The Morgan fingerprint density at radius 1 is 0.760 bits per heavy atom. The van der Waals surface area contributed by atoms with E-state index in [-0.39, 0.29) is 17.9 Å². The first kappa shape index (κ1) is 17.7. The molecule has 0 saturated carbocycles. The van der Waals surface area contributed by atoms with Gasteiger partial charge in [-0.3, -0.25) is 0 Å². The predicted molar refractivity (Wildman–Crippen MR) is 82.5 cm³/mol. The molecule has 0 fully saturated rings. The van der Waals surface area contributed by atoms with E-state index in [9.17, 15) is 19.2 Å². The number of carboxylic acid groups (broad SMARTS) is 2. The number of carbonyl (C=O) groups is 4. The number of aromatic carboxylic acids is 2. The van der Waals surface area contributed by atoms with Gasteiger partial charge in [-0.1, -0.05) is 6.07 Å². The van der Waals surface area contributed by atoms with Gasteiger partial charge < -0.3 is 19.7 Å². The monoisotopic (exact) mass is 344 g/mol. The highest BCUT2D eigenvalue weighted by molar-refractivity contribution is 5.94. The summed E-state index contributed by atoms with van der Waals surface area (Å²) in [6, 6.07) is 11.3. The number of fused-ring (bicyclic) bond motifs is 6. The molecule has 2 N–H and O–H groups in total. The van der Waals surface area contributed by atoms with Gasteiger partial charge in [0.25, 0.3) is 0 Å². The highest BCUT2D eigenvalue weighted by atomic mass is 16.7. The lowest BCUT2D eigenvalue weighted by molar-refractivity contribution is -0.0162. The van der Waals surface area contributed by atoms with E-state index in [0.29, 0.717) is 11.1 Å². The van der Waals surface area contributed by atoms with E-state index in [1.165, 1.54) is 42.5 Å². The second-order valence-electron chi connectivity index (χ2n) is 4.75. The van der Waals surface area contributed by atoms with E-state index in [1.807, 2.05) is 0 Å². The second-order valence-corrected chi connectivity index (χ2v) is 4.75. The average Bonchev–Trinajstić information content (AvgIpc) is 2.71. The average molecular weight is 344 g/mol. The molecule has 0 atom stereocenters. The maximum absolute atomic E-state index is 11.1. The molecule has 2 aromatic rings. The Morgan fingerprint density at radius 2 is 1.16 bits per heavy atom. The lowest BCUT2D eigenvalue weighted by atomic mass is 10.1. The maximum atomic E-state index is 11.1. The number of ether oxygens (including phenoxy) is 2. The normalized spacial score (nSPS) is 12.5. The third-order valence-corrected chi connectivity index (χ3v) is 3.09. The lowest BCUT2D eigenvalue weighted by Crippen LogP contribution is -2.09. The van der Waals surface area contributed by atoms with Gasteiger partial charge in [0.15, 0.2) is 0 Å². The third kappa shape index (κ3) is 4.64. The van der Waals surface area contributed by atoms with Crippen LogP contribution in [-0.4, -0.2) is 40.9 Å². The zero-order chi connectivity index (χ0) is 18.4. The van der Waals surface area contributed by atoms with Gasteiger partial charge in [0.2, 0.25) is 6.79 Å². The van der Waals surface area contributed by atoms with E-state index >= 15 is 0 Å². The summed E-state index contributed by atoms with van der Waals surface area (Å²) in [4.78, 5) is 43.0. The van der Waals surface area contributed by atoms with Crippen LogP contribution in [0.3, 0.4) is 0 Å². The molecule has 2 aliphatic rings. The molecule has 2 aromatic carbocycles. The van der Waals surface area contributed by atoms with Crippen LogP contribution < -0.4 is 0 Å². The van der Waals surface area contributed by atoms with Crippen LogP contribution in [0.4, 0.5) is 0 Å². The van der Waals surface area contributed by atoms with Gasteiger partial charge in [-0.25, -0.2) is 19.2 Å². The Labute approximate surface area is 141 Å². The summed E-state index contributed by atoms with van der Waals surface area (Å²) >= 11 is 0. The molecule has 2 heterocycles. The highest BCUT2D eigenvalue weighted by Crippen LogP contribution is 2.10. The minimum Gasteiger partial charge on any atom is -0.478 e. The summed E-state index contributed by atoms with van der Waals surface area (Å²) in [5.41, 5.74) is 0.800. The van der Waals surface area contributed by atoms with Crippen molar-refractivity contribution in [2.24, 2.45) is 0 Å². The number of hydrogen-bond acceptors (Lipinski definition) is 6. The molecule has 128 valence electrons. The van der Waals surface area contributed by atoms with Gasteiger partial charge >= 0.3 is 23.9 Å². The largest absolute Gasteiger partial charge is 0.478 e. The second kappa shape index (κ2) is 7.73. The number of carbonyl (C=O) groups excluding carboxylic acids is 2. The van der Waals surface area contributed by atoms with Crippen molar-refractivity contribution < 1.29 is 38.9 Å². The molecule has 0 spiro atoms. The Hall–Kier alpha value is -3.68. The van der Waals surface area contributed by atoms with Crippen LogP contribution in [0.2, 0.25) is 0 Å². The first-order valence-corrected chi connectivity index (χ1v) is 6.89. The molecule has 0 saturated heterocycles. The van der Waals surface area contributed by atoms with Crippen molar-refractivity contribution in [3.8, 4) is 0 Å². The fraction of sp³-hybridized carbons (Fsp3) is 0.0588. The number of benzene rings is 2. The van der Waals surface area contributed by atoms with Crippen molar-refractivity contribution in [2.75, 3.05) is 6.79 Å². The van der Waals surface area contributed by atoms with Crippen molar-refractivity contribution in [2.45, 2.75) is 0 Å². The molecule has 25 heavy (non-hydrogen) atoms. The zero-order valence-corrected chi connectivity index (χ0v) is 12.7. The summed E-state index contributed by atoms with van der Waals surface area (Å²) in [5, 5.41) is 17.0. The van der Waals surface area contributed by atoms with Crippen LogP contribution in [-0.2, 0) is 9.47 Å². The van der Waals surface area contributed by atoms with Gasteiger partial charge in [0, 0.05) is 0 Å². The van der Waals surface area contributed by atoms with Crippen LogP contribution in [0.15, 0.2) is 48.5 Å². The minimum atomic E-state index is -1.13. The molecule has 0 aliphatic carbocycles. The molecule has 2 bridgehead atoms. The van der Waals surface area contributed by atoms with Crippen molar-refractivity contribution in [3.63, 3.8) is 0 Å². The van der Waals surface area contributed by atoms with Gasteiger partial charge in [-0.2, -0.15) is 0 Å². The van der Waals surface area contributed by atoms with Crippen LogP contribution in [0, 0.1) is 0 Å². The molecule has 8 nitrogen and oxygen atoms in total. The van der Waals surface area contributed by atoms with Gasteiger partial charge in [-0.15, -0.1) is 0 Å². The smallest absolute Gasteiger partial charge is 0.340 e. The summed E-state index contributed by atoms with van der Waals surface area (Å²) < 4.78 is 9.26. The van der Waals surface area contributed by atoms with Gasteiger partial charge in [0.1, 0.15) is 0 Å². The van der Waals surface area contributed by atoms with Crippen molar-refractivity contribution >= 4 is 23.9 Å². The van der Waals surface area contributed by atoms with Gasteiger partial charge in [-0.05, 0) is 42.5 Å². The molecule has 2 aliphatic heterocycles. The first-order chi connectivity index (χ1) is 11.9. The third-order valence-electron chi connectivity index (χ3n) is 3.09. The Balaban J connectivity index is 0.000000181. The summed E-state index contributed by atoms with van der Waals surface area (Å²) in [5.74, 6) is -3.22. The molecular weight excluding hydrogens is 332 g/mol. The first-order valence-electron chi connectivity index (χ1n) is 6.89. The van der Waals surface area contributed by atoms with Crippen LogP contribution in [0.5, 0.6) is 0 Å². The Bertz CT molecular complexity index is 759. The highest BCUT2D eigenvalue weighted by Gasteiger charge is 2.14. The van der Waals surface area contributed by atoms with Crippen molar-refractivity contribution in [1.29, 1.82) is 0 Å². The Kier molecular flexibility index (Phi) is 5.47. The topological polar surface area (TPSA) is 127 Å². The van der Waals surface area contributed by atoms with E-state index in [4.69, 9.17) is 10.2 Å². The molecule has 0 radical (unpaired) electrons. The lowest BCUT2D eigenvalue weighted by Gasteiger charge is -2.01. The number of esters is 2. The van der Waals surface area contributed by atoms with Crippen LogP contribution in [0.1, 0.15) is 41.4 Å². The minimum absolute atomic E-state index is 0.0186. The van der Waals surface area contributed by atoms with E-state index < -0.39 is 23.9 Å². The summed E-state index contributed by atoms with van der Waals surface area (Å²) in [7, 11) is 0. The molecule has 8 heteroatoms. The number of rotatable bonds is 2. The molecule has 0 unspecified atom stereocenters. The van der Waals surface area contributed by atoms with E-state index in [1.54, 1.807) is 0 Å².